The maximum atomic E-state index is 12.9. The fourth-order valence-corrected chi connectivity index (χ4v) is 3.45. The first-order valence-corrected chi connectivity index (χ1v) is 11.0. The van der Waals surface area contributed by atoms with Crippen molar-refractivity contribution in [2.75, 3.05) is 6.61 Å². The zero-order chi connectivity index (χ0) is 23.4. The highest BCUT2D eigenvalue weighted by atomic mass is 16.5. The molecule has 0 saturated heterocycles. The van der Waals surface area contributed by atoms with Crippen molar-refractivity contribution in [3.8, 4) is 23.0 Å². The first kappa shape index (κ1) is 22.5. The van der Waals surface area contributed by atoms with Gasteiger partial charge in [-0.15, -0.1) is 0 Å². The van der Waals surface area contributed by atoms with Crippen LogP contribution in [0, 0.1) is 0 Å². The van der Waals surface area contributed by atoms with Crippen LogP contribution in [0.5, 0.6) is 23.0 Å². The Morgan fingerprint density at radius 2 is 1.58 bits per heavy atom. The van der Waals surface area contributed by atoms with E-state index in [0.29, 0.717) is 41.4 Å². The third-order valence-electron chi connectivity index (χ3n) is 5.31. The molecule has 5 nitrogen and oxygen atoms in total. The predicted molar refractivity (Wildman–Crippen MR) is 130 cm³/mol. The lowest BCUT2D eigenvalue weighted by Crippen LogP contribution is -2.10. The zero-order valence-electron chi connectivity index (χ0n) is 19.4. The van der Waals surface area contributed by atoms with E-state index in [1.54, 1.807) is 30.3 Å². The van der Waals surface area contributed by atoms with E-state index in [4.69, 9.17) is 18.6 Å². The van der Waals surface area contributed by atoms with Crippen LogP contribution in [0.4, 0.5) is 0 Å². The van der Waals surface area contributed by atoms with Gasteiger partial charge in [0, 0.05) is 6.07 Å². The molecule has 3 aromatic carbocycles. The number of ether oxygens (including phenoxy) is 3. The molecule has 0 bridgehead atoms. The Balaban J connectivity index is 1.51. The van der Waals surface area contributed by atoms with E-state index in [1.807, 2.05) is 19.1 Å². The molecule has 1 heterocycles. The molecule has 0 N–H and O–H groups in total. The van der Waals surface area contributed by atoms with Crippen LogP contribution in [-0.4, -0.2) is 6.61 Å². The Hall–Kier alpha value is -3.73. The number of para-hydroxylation sites is 2. The monoisotopic (exact) mass is 444 g/mol. The Morgan fingerprint density at radius 3 is 2.27 bits per heavy atom. The van der Waals surface area contributed by atoms with E-state index < -0.39 is 0 Å². The molecular formula is C28H28O5. The van der Waals surface area contributed by atoms with Crippen LogP contribution >= 0.6 is 0 Å². The fourth-order valence-electron chi connectivity index (χ4n) is 3.45. The maximum absolute atomic E-state index is 12.9. The number of rotatable bonds is 7. The summed E-state index contributed by atoms with van der Waals surface area (Å²) < 4.78 is 23.0. The van der Waals surface area contributed by atoms with Gasteiger partial charge in [-0.25, -0.2) is 0 Å². The Labute approximate surface area is 193 Å². The zero-order valence-corrected chi connectivity index (χ0v) is 19.4. The lowest BCUT2D eigenvalue weighted by Gasteiger charge is -2.19. The minimum absolute atomic E-state index is 0.0993. The highest BCUT2D eigenvalue weighted by Crippen LogP contribution is 2.31. The molecule has 0 fully saturated rings. The van der Waals surface area contributed by atoms with Gasteiger partial charge in [0.15, 0.2) is 11.5 Å². The molecule has 0 amide bonds. The highest BCUT2D eigenvalue weighted by Gasteiger charge is 2.14. The van der Waals surface area contributed by atoms with Crippen molar-refractivity contribution in [3.63, 3.8) is 0 Å². The second-order valence-corrected chi connectivity index (χ2v) is 8.80. The van der Waals surface area contributed by atoms with Crippen LogP contribution in [0.15, 0.2) is 82.2 Å². The first-order chi connectivity index (χ1) is 15.8. The minimum Gasteiger partial charge on any atom is -0.490 e. The summed E-state index contributed by atoms with van der Waals surface area (Å²) in [7, 11) is 0. The first-order valence-electron chi connectivity index (χ1n) is 11.0. The van der Waals surface area contributed by atoms with Crippen molar-refractivity contribution in [2.24, 2.45) is 0 Å². The van der Waals surface area contributed by atoms with E-state index >= 15 is 0 Å². The van der Waals surface area contributed by atoms with Gasteiger partial charge < -0.3 is 18.6 Å². The number of fused-ring (bicyclic) bond motifs is 1. The third-order valence-corrected chi connectivity index (χ3v) is 5.31. The summed E-state index contributed by atoms with van der Waals surface area (Å²) in [5.74, 6) is 1.75. The molecule has 0 radical (unpaired) electrons. The van der Waals surface area contributed by atoms with Gasteiger partial charge in [0.1, 0.15) is 24.2 Å². The standard InChI is InChI=1S/C28H28O5/c1-5-30-23-8-6-7-9-24(23)33-26-18-32-25-16-21(14-15-22(25)27(26)29)31-17-19-10-12-20(13-11-19)28(2,3)4/h6-16,18H,5,17H2,1-4H3. The summed E-state index contributed by atoms with van der Waals surface area (Å²) in [4.78, 5) is 12.9. The van der Waals surface area contributed by atoms with Gasteiger partial charge in [-0.1, -0.05) is 57.2 Å². The van der Waals surface area contributed by atoms with Gasteiger partial charge in [-0.05, 0) is 47.7 Å². The normalized spacial score (nSPS) is 11.4. The minimum atomic E-state index is -0.258. The Kier molecular flexibility index (Phi) is 6.40. The van der Waals surface area contributed by atoms with Crippen molar-refractivity contribution in [1.29, 1.82) is 0 Å². The number of hydrogen-bond acceptors (Lipinski definition) is 5. The van der Waals surface area contributed by atoms with Gasteiger partial charge in [-0.2, -0.15) is 0 Å². The van der Waals surface area contributed by atoms with Crippen molar-refractivity contribution < 1.29 is 18.6 Å². The van der Waals surface area contributed by atoms with E-state index in [1.165, 1.54) is 11.8 Å². The summed E-state index contributed by atoms with van der Waals surface area (Å²) in [5, 5.41) is 0.420. The van der Waals surface area contributed by atoms with Crippen LogP contribution in [0.3, 0.4) is 0 Å². The molecule has 5 heteroatoms. The average Bonchev–Trinajstić information content (AvgIpc) is 2.80. The van der Waals surface area contributed by atoms with Gasteiger partial charge in [0.05, 0.1) is 12.0 Å². The second kappa shape index (κ2) is 9.41. The van der Waals surface area contributed by atoms with Crippen LogP contribution < -0.4 is 19.6 Å². The van der Waals surface area contributed by atoms with Crippen LogP contribution in [-0.2, 0) is 12.0 Å². The quantitative estimate of drug-likeness (QED) is 0.312. The largest absolute Gasteiger partial charge is 0.490 e. The van der Waals surface area contributed by atoms with Crippen LogP contribution in [0.2, 0.25) is 0 Å². The second-order valence-electron chi connectivity index (χ2n) is 8.80. The van der Waals surface area contributed by atoms with Crippen molar-refractivity contribution in [1.82, 2.24) is 0 Å². The summed E-state index contributed by atoms with van der Waals surface area (Å²) >= 11 is 0. The van der Waals surface area contributed by atoms with E-state index in [-0.39, 0.29) is 16.6 Å². The summed E-state index contributed by atoms with van der Waals surface area (Å²) in [5.41, 5.74) is 2.64. The van der Waals surface area contributed by atoms with Crippen molar-refractivity contribution in [3.05, 3.63) is 94.3 Å². The number of benzene rings is 3. The molecule has 0 atom stereocenters. The smallest absolute Gasteiger partial charge is 0.235 e. The topological polar surface area (TPSA) is 57.9 Å². The molecule has 0 aliphatic carbocycles. The summed E-state index contributed by atoms with van der Waals surface area (Å²) in [6.07, 6.45) is 1.32. The van der Waals surface area contributed by atoms with Gasteiger partial charge in [0.2, 0.25) is 11.2 Å². The Bertz CT molecular complexity index is 1300. The number of hydrogen-bond donors (Lipinski definition) is 0. The molecular weight excluding hydrogens is 416 g/mol. The lowest BCUT2D eigenvalue weighted by atomic mass is 9.87. The SMILES string of the molecule is CCOc1ccccc1Oc1coc2cc(OCc3ccc(C(C)(C)C)cc3)ccc2c1=O. The molecule has 0 aliphatic heterocycles. The summed E-state index contributed by atoms with van der Waals surface area (Å²) in [6.45, 7) is 9.38. The fraction of sp³-hybridized carbons (Fsp3) is 0.250. The Morgan fingerprint density at radius 1 is 0.848 bits per heavy atom. The van der Waals surface area contributed by atoms with E-state index in [9.17, 15) is 4.79 Å². The molecule has 1 aromatic heterocycles. The molecule has 4 rings (SSSR count). The predicted octanol–water partition coefficient (Wildman–Crippen LogP) is 6.86. The van der Waals surface area contributed by atoms with Gasteiger partial charge >= 0.3 is 0 Å². The molecule has 0 spiro atoms. The van der Waals surface area contributed by atoms with Crippen LogP contribution in [0.1, 0.15) is 38.8 Å². The highest BCUT2D eigenvalue weighted by molar-refractivity contribution is 5.79. The third kappa shape index (κ3) is 5.20. The van der Waals surface area contributed by atoms with Gasteiger partial charge in [-0.3, -0.25) is 4.79 Å². The maximum Gasteiger partial charge on any atom is 0.235 e. The van der Waals surface area contributed by atoms with E-state index in [2.05, 4.69) is 45.0 Å². The van der Waals surface area contributed by atoms with Gasteiger partial charge in [0.25, 0.3) is 0 Å². The van der Waals surface area contributed by atoms with Crippen LogP contribution in [0.25, 0.3) is 11.0 Å². The molecule has 0 saturated carbocycles. The van der Waals surface area contributed by atoms with E-state index in [0.717, 1.165) is 5.56 Å². The lowest BCUT2D eigenvalue weighted by molar-refractivity contribution is 0.306. The summed E-state index contributed by atoms with van der Waals surface area (Å²) in [6, 6.07) is 20.8. The average molecular weight is 445 g/mol. The molecule has 0 unspecified atom stereocenters. The van der Waals surface area contributed by atoms with Crippen molar-refractivity contribution in [2.45, 2.75) is 39.7 Å². The molecule has 0 aliphatic rings. The molecule has 170 valence electrons. The molecule has 33 heavy (non-hydrogen) atoms. The van der Waals surface area contributed by atoms with Crippen molar-refractivity contribution >= 4 is 11.0 Å². The molecule has 4 aromatic rings.